The SMILES string of the molecule is CCn1c(NNC(=O)c2cnn(-c3ccc(C)c(Cl)c3)c2C2CC2)nc2ccccc2c1=O. The van der Waals surface area contributed by atoms with Crippen molar-refractivity contribution < 1.29 is 4.79 Å². The summed E-state index contributed by atoms with van der Waals surface area (Å²) in [5.74, 6) is 0.201. The smallest absolute Gasteiger partial charge is 0.273 e. The molecule has 0 unspecified atom stereocenters. The van der Waals surface area contributed by atoms with Crippen LogP contribution in [-0.2, 0) is 6.54 Å². The summed E-state index contributed by atoms with van der Waals surface area (Å²) >= 11 is 6.32. The highest BCUT2D eigenvalue weighted by molar-refractivity contribution is 6.31. The molecular weight excluding hydrogens is 440 g/mol. The average Bonchev–Trinajstić information content (AvgIpc) is 3.57. The lowest BCUT2D eigenvalue weighted by Gasteiger charge is -2.14. The third kappa shape index (κ3) is 3.87. The number of rotatable bonds is 6. The number of hydrogen-bond acceptors (Lipinski definition) is 5. The lowest BCUT2D eigenvalue weighted by atomic mass is 10.1. The number of anilines is 1. The van der Waals surface area contributed by atoms with E-state index >= 15 is 0 Å². The van der Waals surface area contributed by atoms with E-state index in [4.69, 9.17) is 11.6 Å². The monoisotopic (exact) mass is 462 g/mol. The van der Waals surface area contributed by atoms with E-state index in [0.29, 0.717) is 28.0 Å². The van der Waals surface area contributed by atoms with E-state index < -0.39 is 0 Å². The van der Waals surface area contributed by atoms with Crippen molar-refractivity contribution in [2.45, 2.75) is 39.2 Å². The maximum Gasteiger partial charge on any atom is 0.273 e. The maximum absolute atomic E-state index is 13.1. The molecule has 9 heteroatoms. The maximum atomic E-state index is 13.1. The molecular formula is C24H23ClN6O2. The molecule has 0 aliphatic heterocycles. The second kappa shape index (κ2) is 8.37. The Kier molecular flexibility index (Phi) is 5.38. The van der Waals surface area contributed by atoms with Gasteiger partial charge in [-0.15, -0.1) is 0 Å². The normalized spacial score (nSPS) is 13.3. The number of carbonyl (C=O) groups excluding carboxylic acids is 1. The first-order chi connectivity index (χ1) is 16.0. The highest BCUT2D eigenvalue weighted by Crippen LogP contribution is 2.42. The first-order valence-electron chi connectivity index (χ1n) is 10.9. The molecule has 5 rings (SSSR count). The molecule has 1 fully saturated rings. The van der Waals surface area contributed by atoms with Gasteiger partial charge in [0, 0.05) is 17.5 Å². The molecule has 0 bridgehead atoms. The number of hydrazine groups is 1. The molecule has 0 radical (unpaired) electrons. The van der Waals surface area contributed by atoms with E-state index in [1.54, 1.807) is 29.1 Å². The van der Waals surface area contributed by atoms with Crippen LogP contribution >= 0.6 is 11.6 Å². The highest BCUT2D eigenvalue weighted by atomic mass is 35.5. The fourth-order valence-corrected chi connectivity index (χ4v) is 4.11. The number of fused-ring (bicyclic) bond motifs is 1. The van der Waals surface area contributed by atoms with Crippen LogP contribution < -0.4 is 16.4 Å². The van der Waals surface area contributed by atoms with Gasteiger partial charge in [-0.2, -0.15) is 5.10 Å². The number of carbonyl (C=O) groups is 1. The van der Waals surface area contributed by atoms with Gasteiger partial charge >= 0.3 is 0 Å². The molecule has 2 heterocycles. The Morgan fingerprint density at radius 1 is 1.21 bits per heavy atom. The predicted molar refractivity (Wildman–Crippen MR) is 128 cm³/mol. The van der Waals surface area contributed by atoms with Crippen LogP contribution in [0.15, 0.2) is 53.5 Å². The van der Waals surface area contributed by atoms with Gasteiger partial charge in [-0.3, -0.25) is 25.0 Å². The number of nitrogens with zero attached hydrogens (tertiary/aromatic N) is 4. The van der Waals surface area contributed by atoms with Gasteiger partial charge in [-0.25, -0.2) is 9.67 Å². The third-order valence-corrected chi connectivity index (χ3v) is 6.29. The topological polar surface area (TPSA) is 93.8 Å². The number of aromatic nitrogens is 4. The zero-order valence-electron chi connectivity index (χ0n) is 18.3. The van der Waals surface area contributed by atoms with E-state index in [1.165, 1.54) is 4.57 Å². The first-order valence-corrected chi connectivity index (χ1v) is 11.3. The van der Waals surface area contributed by atoms with Gasteiger partial charge in [-0.1, -0.05) is 29.8 Å². The summed E-state index contributed by atoms with van der Waals surface area (Å²) in [6.07, 6.45) is 3.57. The molecule has 1 saturated carbocycles. The molecule has 0 spiro atoms. The Labute approximate surface area is 195 Å². The van der Waals surface area contributed by atoms with Crippen LogP contribution in [0.5, 0.6) is 0 Å². The summed E-state index contributed by atoms with van der Waals surface area (Å²) in [6.45, 7) is 4.21. The lowest BCUT2D eigenvalue weighted by Crippen LogP contribution is -2.34. The minimum Gasteiger partial charge on any atom is -0.277 e. The number of benzene rings is 2. The van der Waals surface area contributed by atoms with Crippen molar-refractivity contribution in [3.8, 4) is 5.69 Å². The second-order valence-corrected chi connectivity index (χ2v) is 8.55. The number of halogens is 1. The van der Waals surface area contributed by atoms with Crippen LogP contribution in [0.2, 0.25) is 5.02 Å². The fraction of sp³-hybridized carbons (Fsp3) is 0.250. The van der Waals surface area contributed by atoms with E-state index in [1.807, 2.05) is 38.1 Å². The van der Waals surface area contributed by atoms with Gasteiger partial charge in [0.25, 0.3) is 11.5 Å². The van der Waals surface area contributed by atoms with E-state index in [2.05, 4.69) is 20.9 Å². The zero-order valence-corrected chi connectivity index (χ0v) is 19.1. The molecule has 33 heavy (non-hydrogen) atoms. The molecule has 1 aliphatic rings. The Balaban J connectivity index is 1.45. The van der Waals surface area contributed by atoms with Gasteiger partial charge < -0.3 is 0 Å². The van der Waals surface area contributed by atoms with Crippen LogP contribution in [0.1, 0.15) is 47.3 Å². The van der Waals surface area contributed by atoms with Crippen molar-refractivity contribution >= 4 is 34.4 Å². The number of hydrogen-bond donors (Lipinski definition) is 2. The van der Waals surface area contributed by atoms with Crippen LogP contribution in [0.4, 0.5) is 5.95 Å². The third-order valence-electron chi connectivity index (χ3n) is 5.88. The van der Waals surface area contributed by atoms with Gasteiger partial charge in [0.05, 0.1) is 34.0 Å². The second-order valence-electron chi connectivity index (χ2n) is 8.14. The molecule has 1 amide bonds. The summed E-state index contributed by atoms with van der Waals surface area (Å²) < 4.78 is 3.27. The van der Waals surface area contributed by atoms with Crippen LogP contribution in [-0.4, -0.2) is 25.2 Å². The van der Waals surface area contributed by atoms with Crippen LogP contribution in [0.25, 0.3) is 16.6 Å². The number of aryl methyl sites for hydroxylation is 1. The summed E-state index contributed by atoms with van der Waals surface area (Å²) in [5, 5.41) is 5.66. The lowest BCUT2D eigenvalue weighted by molar-refractivity contribution is 0.0961. The largest absolute Gasteiger partial charge is 0.277 e. The Hall–Kier alpha value is -3.65. The highest BCUT2D eigenvalue weighted by Gasteiger charge is 2.33. The van der Waals surface area contributed by atoms with Crippen molar-refractivity contribution in [2.75, 3.05) is 5.43 Å². The molecule has 2 aromatic carbocycles. The van der Waals surface area contributed by atoms with Crippen molar-refractivity contribution in [3.05, 3.63) is 80.9 Å². The first kappa shape index (κ1) is 21.2. The van der Waals surface area contributed by atoms with Gasteiger partial charge in [0.1, 0.15) is 0 Å². The standard InChI is InChI=1S/C24H23ClN6O2/c1-3-30-23(33)17-6-4-5-7-20(17)27-24(30)29-28-22(32)18-13-26-31(21(18)15-9-10-15)16-11-8-14(2)19(25)12-16/h4-8,11-13,15H,3,9-10H2,1-2H3,(H,27,29)(H,28,32). The van der Waals surface area contributed by atoms with Crippen LogP contribution in [0.3, 0.4) is 0 Å². The van der Waals surface area contributed by atoms with Crippen molar-refractivity contribution in [1.29, 1.82) is 0 Å². The summed E-state index contributed by atoms with van der Waals surface area (Å²) in [5.41, 5.74) is 9.07. The Morgan fingerprint density at radius 3 is 2.73 bits per heavy atom. The summed E-state index contributed by atoms with van der Waals surface area (Å²) in [6, 6.07) is 12.9. The molecule has 2 N–H and O–H groups in total. The predicted octanol–water partition coefficient (Wildman–Crippen LogP) is 4.20. The number of nitrogens with one attached hydrogen (secondary N) is 2. The summed E-state index contributed by atoms with van der Waals surface area (Å²) in [4.78, 5) is 30.4. The number of para-hydroxylation sites is 1. The zero-order chi connectivity index (χ0) is 23.1. The van der Waals surface area contributed by atoms with Gasteiger partial charge in [-0.05, 0) is 56.5 Å². The minimum absolute atomic E-state index is 0.164. The minimum atomic E-state index is -0.341. The quantitative estimate of drug-likeness (QED) is 0.419. The molecule has 2 aromatic heterocycles. The fourth-order valence-electron chi connectivity index (χ4n) is 3.94. The van der Waals surface area contributed by atoms with Crippen molar-refractivity contribution in [3.63, 3.8) is 0 Å². The van der Waals surface area contributed by atoms with Crippen LogP contribution in [0, 0.1) is 6.92 Å². The summed E-state index contributed by atoms with van der Waals surface area (Å²) in [7, 11) is 0. The van der Waals surface area contributed by atoms with E-state index in [9.17, 15) is 9.59 Å². The molecule has 0 saturated heterocycles. The van der Waals surface area contributed by atoms with Crippen molar-refractivity contribution in [1.82, 2.24) is 24.8 Å². The van der Waals surface area contributed by atoms with Crippen molar-refractivity contribution in [2.24, 2.45) is 0 Å². The Bertz CT molecular complexity index is 1440. The van der Waals surface area contributed by atoms with E-state index in [-0.39, 0.29) is 23.3 Å². The van der Waals surface area contributed by atoms with Gasteiger partial charge in [0.2, 0.25) is 5.95 Å². The van der Waals surface area contributed by atoms with E-state index in [0.717, 1.165) is 29.8 Å². The molecule has 0 atom stereocenters. The average molecular weight is 463 g/mol. The Morgan fingerprint density at radius 2 is 2.00 bits per heavy atom. The van der Waals surface area contributed by atoms with Gasteiger partial charge in [0.15, 0.2) is 0 Å². The molecule has 1 aliphatic carbocycles. The molecule has 8 nitrogen and oxygen atoms in total. The molecule has 4 aromatic rings. The molecule has 168 valence electrons. The number of amides is 1.